The van der Waals surface area contributed by atoms with Gasteiger partial charge in [-0.15, -0.1) is 0 Å². The zero-order valence-corrected chi connectivity index (χ0v) is 11.3. The highest BCUT2D eigenvalue weighted by atomic mass is 16.5. The van der Waals surface area contributed by atoms with E-state index in [1.807, 2.05) is 0 Å². The largest absolute Gasteiger partial charge is 0.377 e. The summed E-state index contributed by atoms with van der Waals surface area (Å²) in [7, 11) is 4.21. The number of rotatable bonds is 9. The van der Waals surface area contributed by atoms with Crippen molar-refractivity contribution >= 4 is 0 Å². The highest BCUT2D eigenvalue weighted by Crippen LogP contribution is 2.19. The third-order valence-electron chi connectivity index (χ3n) is 3.01. The molecule has 0 aromatic carbocycles. The Hall–Kier alpha value is -0.120. The van der Waals surface area contributed by atoms with Gasteiger partial charge in [0.25, 0.3) is 0 Å². The maximum Gasteiger partial charge on any atom is 0.0722 e. The average Bonchev–Trinajstić information content (AvgIpc) is 2.99. The maximum absolute atomic E-state index is 5.94. The molecule has 0 spiro atoms. The molecule has 0 amide bonds. The smallest absolute Gasteiger partial charge is 0.0722 e. The van der Waals surface area contributed by atoms with E-state index in [9.17, 15) is 0 Å². The molecule has 0 saturated heterocycles. The fourth-order valence-electron chi connectivity index (χ4n) is 1.67. The molecule has 1 N–H and O–H groups in total. The topological polar surface area (TPSA) is 24.5 Å². The van der Waals surface area contributed by atoms with Crippen LogP contribution in [-0.4, -0.2) is 50.8 Å². The lowest BCUT2D eigenvalue weighted by Crippen LogP contribution is -2.34. The van der Waals surface area contributed by atoms with Gasteiger partial charge in [-0.05, 0) is 45.8 Å². The van der Waals surface area contributed by atoms with Crippen LogP contribution in [0.2, 0.25) is 0 Å². The zero-order valence-electron chi connectivity index (χ0n) is 11.3. The summed E-state index contributed by atoms with van der Waals surface area (Å²) in [6, 6.07) is 0.784. The van der Waals surface area contributed by atoms with E-state index in [0.717, 1.165) is 32.2 Å². The van der Waals surface area contributed by atoms with Gasteiger partial charge in [0.1, 0.15) is 0 Å². The number of hydrogen-bond acceptors (Lipinski definition) is 3. The molecule has 1 fully saturated rings. The molecule has 96 valence electrons. The first-order chi connectivity index (χ1) is 7.59. The molecular weight excluding hydrogens is 200 g/mol. The van der Waals surface area contributed by atoms with Gasteiger partial charge in [0.2, 0.25) is 0 Å². The molecule has 3 nitrogen and oxygen atoms in total. The van der Waals surface area contributed by atoms with Crippen molar-refractivity contribution in [2.24, 2.45) is 5.92 Å². The minimum Gasteiger partial charge on any atom is -0.377 e. The van der Waals surface area contributed by atoms with Gasteiger partial charge in [0.05, 0.1) is 6.10 Å². The van der Waals surface area contributed by atoms with Crippen LogP contribution in [0.4, 0.5) is 0 Å². The van der Waals surface area contributed by atoms with E-state index in [1.165, 1.54) is 12.8 Å². The molecule has 0 bridgehead atoms. The van der Waals surface area contributed by atoms with Crippen molar-refractivity contribution in [1.29, 1.82) is 0 Å². The Morgan fingerprint density at radius 3 is 2.50 bits per heavy atom. The molecule has 0 aromatic rings. The third kappa shape index (κ3) is 6.46. The van der Waals surface area contributed by atoms with E-state index < -0.39 is 0 Å². The van der Waals surface area contributed by atoms with Crippen molar-refractivity contribution < 1.29 is 4.74 Å². The SMILES string of the molecule is CC(C)C(CNC1CC1)OCCCN(C)C. The van der Waals surface area contributed by atoms with Crippen molar-refractivity contribution in [3.63, 3.8) is 0 Å². The fourth-order valence-corrected chi connectivity index (χ4v) is 1.67. The van der Waals surface area contributed by atoms with E-state index in [-0.39, 0.29) is 0 Å². The van der Waals surface area contributed by atoms with E-state index in [2.05, 4.69) is 38.2 Å². The average molecular weight is 228 g/mol. The highest BCUT2D eigenvalue weighted by molar-refractivity contribution is 4.82. The lowest BCUT2D eigenvalue weighted by Gasteiger charge is -2.22. The molecule has 0 aliphatic heterocycles. The second-order valence-corrected chi connectivity index (χ2v) is 5.49. The molecule has 1 atom stereocenters. The molecule has 3 heteroatoms. The maximum atomic E-state index is 5.94. The van der Waals surface area contributed by atoms with E-state index in [4.69, 9.17) is 4.74 Å². The van der Waals surface area contributed by atoms with Crippen LogP contribution in [0.25, 0.3) is 0 Å². The first-order valence-electron chi connectivity index (χ1n) is 6.59. The predicted molar refractivity (Wildman–Crippen MR) is 68.8 cm³/mol. The summed E-state index contributed by atoms with van der Waals surface area (Å²) in [4.78, 5) is 2.20. The molecule has 1 unspecified atom stereocenters. The normalized spacial score (nSPS) is 18.4. The Morgan fingerprint density at radius 2 is 2.00 bits per heavy atom. The van der Waals surface area contributed by atoms with Crippen LogP contribution < -0.4 is 5.32 Å². The predicted octanol–water partition coefficient (Wildman–Crippen LogP) is 1.73. The van der Waals surface area contributed by atoms with Crippen molar-refractivity contribution in [1.82, 2.24) is 10.2 Å². The van der Waals surface area contributed by atoms with Gasteiger partial charge < -0.3 is 15.0 Å². The second-order valence-electron chi connectivity index (χ2n) is 5.49. The molecule has 0 radical (unpaired) electrons. The summed E-state index contributed by atoms with van der Waals surface area (Å²) < 4.78 is 5.94. The summed E-state index contributed by atoms with van der Waals surface area (Å²) in [6.45, 7) is 7.49. The molecule has 0 heterocycles. The summed E-state index contributed by atoms with van der Waals surface area (Å²) in [5, 5.41) is 3.55. The Balaban J connectivity index is 2.06. The highest BCUT2D eigenvalue weighted by Gasteiger charge is 2.23. The van der Waals surface area contributed by atoms with Crippen LogP contribution in [0.15, 0.2) is 0 Å². The Kier molecular flexibility index (Phi) is 6.32. The zero-order chi connectivity index (χ0) is 12.0. The molecule has 16 heavy (non-hydrogen) atoms. The third-order valence-corrected chi connectivity index (χ3v) is 3.01. The van der Waals surface area contributed by atoms with Gasteiger partial charge in [-0.3, -0.25) is 0 Å². The van der Waals surface area contributed by atoms with Gasteiger partial charge in [0.15, 0.2) is 0 Å². The summed E-state index contributed by atoms with van der Waals surface area (Å²) in [5.41, 5.74) is 0. The summed E-state index contributed by atoms with van der Waals surface area (Å²) >= 11 is 0. The van der Waals surface area contributed by atoms with Crippen LogP contribution in [0, 0.1) is 5.92 Å². The lowest BCUT2D eigenvalue weighted by atomic mass is 10.1. The Morgan fingerprint density at radius 1 is 1.31 bits per heavy atom. The summed E-state index contributed by atoms with van der Waals surface area (Å²) in [5.74, 6) is 0.602. The van der Waals surface area contributed by atoms with Crippen molar-refractivity contribution in [2.45, 2.75) is 45.3 Å². The minimum atomic E-state index is 0.378. The molecular formula is C13H28N2O. The molecule has 1 aliphatic rings. The Bertz CT molecular complexity index is 179. The number of nitrogens with one attached hydrogen (secondary N) is 1. The molecule has 1 rings (SSSR count). The molecule has 1 aliphatic carbocycles. The van der Waals surface area contributed by atoms with E-state index in [1.54, 1.807) is 0 Å². The van der Waals surface area contributed by atoms with Gasteiger partial charge in [-0.25, -0.2) is 0 Å². The van der Waals surface area contributed by atoms with Gasteiger partial charge in [-0.2, -0.15) is 0 Å². The van der Waals surface area contributed by atoms with Crippen LogP contribution >= 0.6 is 0 Å². The van der Waals surface area contributed by atoms with Crippen LogP contribution in [0.3, 0.4) is 0 Å². The van der Waals surface area contributed by atoms with Crippen molar-refractivity contribution in [2.75, 3.05) is 33.8 Å². The van der Waals surface area contributed by atoms with Crippen LogP contribution in [0.5, 0.6) is 0 Å². The fraction of sp³-hybridized carbons (Fsp3) is 1.00. The van der Waals surface area contributed by atoms with E-state index in [0.29, 0.717) is 12.0 Å². The lowest BCUT2D eigenvalue weighted by molar-refractivity contribution is 0.0193. The van der Waals surface area contributed by atoms with Crippen LogP contribution in [0.1, 0.15) is 33.1 Å². The first-order valence-corrected chi connectivity index (χ1v) is 6.59. The monoisotopic (exact) mass is 228 g/mol. The first kappa shape index (κ1) is 13.9. The molecule has 0 aromatic heterocycles. The molecule has 1 saturated carbocycles. The summed E-state index contributed by atoms with van der Waals surface area (Å²) in [6.07, 6.45) is 4.21. The number of hydrogen-bond donors (Lipinski definition) is 1. The standard InChI is InChI=1S/C13H28N2O/c1-11(2)13(10-14-12-6-7-12)16-9-5-8-15(3)4/h11-14H,5-10H2,1-4H3. The minimum absolute atomic E-state index is 0.378. The van der Waals surface area contributed by atoms with Crippen molar-refractivity contribution in [3.8, 4) is 0 Å². The van der Waals surface area contributed by atoms with Gasteiger partial charge in [-0.1, -0.05) is 13.8 Å². The Labute approximate surface area is 101 Å². The van der Waals surface area contributed by atoms with Crippen molar-refractivity contribution in [3.05, 3.63) is 0 Å². The number of ether oxygens (including phenoxy) is 1. The van der Waals surface area contributed by atoms with Crippen LogP contribution in [-0.2, 0) is 4.74 Å². The van der Waals surface area contributed by atoms with Gasteiger partial charge in [0, 0.05) is 19.2 Å². The van der Waals surface area contributed by atoms with E-state index >= 15 is 0 Å². The van der Waals surface area contributed by atoms with Gasteiger partial charge >= 0.3 is 0 Å². The second kappa shape index (κ2) is 7.25. The number of nitrogens with zero attached hydrogens (tertiary/aromatic N) is 1. The quantitative estimate of drug-likeness (QED) is 0.608.